The van der Waals surface area contributed by atoms with E-state index < -0.39 is 8.56 Å². The summed E-state index contributed by atoms with van der Waals surface area (Å²) >= 11 is 0. The summed E-state index contributed by atoms with van der Waals surface area (Å²) in [5.41, 5.74) is 0. The first-order chi connectivity index (χ1) is 7.31. The number of hydrogen-bond donors (Lipinski definition) is 0. The molecule has 1 saturated heterocycles. The highest BCUT2D eigenvalue weighted by Crippen LogP contribution is 2.08. The molecule has 1 aromatic rings. The molecule has 0 amide bonds. The zero-order chi connectivity index (χ0) is 10.6. The minimum absolute atomic E-state index is 0.00426. The van der Waals surface area contributed by atoms with Crippen LogP contribution in [0.3, 0.4) is 0 Å². The maximum absolute atomic E-state index is 5.71. The predicted octanol–water partition coefficient (Wildman–Crippen LogP) is -0.352. The van der Waals surface area contributed by atoms with Gasteiger partial charge in [-0.2, -0.15) is 0 Å². The second-order valence-electron chi connectivity index (χ2n) is 2.97. The van der Waals surface area contributed by atoms with E-state index in [4.69, 9.17) is 16.5 Å². The van der Waals surface area contributed by atoms with Gasteiger partial charge in [-0.25, -0.2) is 0 Å². The van der Waals surface area contributed by atoms with Crippen molar-refractivity contribution in [3.05, 3.63) is 30.3 Å². The number of hydrogen-bond acceptors (Lipinski definition) is 4. The van der Waals surface area contributed by atoms with Gasteiger partial charge in [0.05, 0.1) is 0 Å². The van der Waals surface area contributed by atoms with Gasteiger partial charge in [0, 0.05) is 0 Å². The Morgan fingerprint density at radius 3 is 2.13 bits per heavy atom. The molecule has 0 bridgehead atoms. The third-order valence-electron chi connectivity index (χ3n) is 1.94. The second-order valence-corrected chi connectivity index (χ2v) is 9.20. The van der Waals surface area contributed by atoms with Gasteiger partial charge >= 0.3 is 38.6 Å². The molecule has 15 heavy (non-hydrogen) atoms. The molecule has 0 saturated carbocycles. The third kappa shape index (κ3) is 2.95. The SMILES string of the molecule is C[Si]1(c2ccccc2)O[Si]O[Si]O[Si]O1. The Bertz CT molecular complexity index is 301. The standard InChI is InChI=1S/C7H8O4Si4/c1-15(7-5-3-2-4-6-7)10-13-8-12-9-14-11-15/h2-6H,1H3. The molecule has 0 unspecified atom stereocenters. The van der Waals surface area contributed by atoms with Gasteiger partial charge in [0.2, 0.25) is 0 Å². The lowest BCUT2D eigenvalue weighted by Crippen LogP contribution is -2.54. The Morgan fingerprint density at radius 2 is 1.53 bits per heavy atom. The molecule has 1 aliphatic rings. The Labute approximate surface area is 97.3 Å². The van der Waals surface area contributed by atoms with Crippen LogP contribution in [0.5, 0.6) is 0 Å². The van der Waals surface area contributed by atoms with Gasteiger partial charge in [-0.3, -0.25) is 0 Å². The zero-order valence-corrected chi connectivity index (χ0v) is 12.0. The average molecular weight is 268 g/mol. The van der Waals surface area contributed by atoms with Crippen LogP contribution in [-0.4, -0.2) is 38.6 Å². The van der Waals surface area contributed by atoms with Crippen LogP contribution in [0.1, 0.15) is 0 Å². The minimum atomic E-state index is -2.32. The molecule has 0 aliphatic carbocycles. The predicted molar refractivity (Wildman–Crippen MR) is 59.3 cm³/mol. The molecule has 4 nitrogen and oxygen atoms in total. The van der Waals surface area contributed by atoms with Crippen molar-refractivity contribution in [1.29, 1.82) is 0 Å². The van der Waals surface area contributed by atoms with Crippen molar-refractivity contribution in [2.45, 2.75) is 6.55 Å². The lowest BCUT2D eigenvalue weighted by molar-refractivity contribution is 0.320. The summed E-state index contributed by atoms with van der Waals surface area (Å²) < 4.78 is 21.8. The average Bonchev–Trinajstić information content (AvgIpc) is 2.25. The molecule has 6 radical (unpaired) electrons. The smallest absolute Gasteiger partial charge is 0.412 e. The van der Waals surface area contributed by atoms with Crippen molar-refractivity contribution >= 4 is 43.8 Å². The van der Waals surface area contributed by atoms with Crippen LogP contribution in [0, 0.1) is 0 Å². The van der Waals surface area contributed by atoms with E-state index in [0.717, 1.165) is 5.19 Å². The summed E-state index contributed by atoms with van der Waals surface area (Å²) in [5.74, 6) is 0. The molecule has 8 heteroatoms. The van der Waals surface area contributed by atoms with E-state index in [9.17, 15) is 0 Å². The molecule has 0 spiro atoms. The number of benzene rings is 1. The van der Waals surface area contributed by atoms with Gasteiger partial charge in [-0.1, -0.05) is 30.3 Å². The van der Waals surface area contributed by atoms with E-state index in [1.165, 1.54) is 0 Å². The molecule has 1 aliphatic heterocycles. The molecule has 0 N–H and O–H groups in total. The topological polar surface area (TPSA) is 36.9 Å². The van der Waals surface area contributed by atoms with Gasteiger partial charge in [0.1, 0.15) is 0 Å². The fourth-order valence-electron chi connectivity index (χ4n) is 1.14. The van der Waals surface area contributed by atoms with Gasteiger partial charge in [-0.15, -0.1) is 0 Å². The third-order valence-corrected chi connectivity index (χ3v) is 8.44. The van der Waals surface area contributed by atoms with Gasteiger partial charge in [-0.05, 0) is 11.7 Å². The van der Waals surface area contributed by atoms with E-state index in [1.807, 2.05) is 36.9 Å². The quantitative estimate of drug-likeness (QED) is 0.653. The highest BCUT2D eigenvalue weighted by molar-refractivity contribution is 6.85. The molecule has 0 aromatic heterocycles. The van der Waals surface area contributed by atoms with Crippen LogP contribution < -0.4 is 5.19 Å². The van der Waals surface area contributed by atoms with Crippen molar-refractivity contribution in [3.8, 4) is 0 Å². The van der Waals surface area contributed by atoms with Crippen molar-refractivity contribution in [2.24, 2.45) is 0 Å². The molecule has 76 valence electrons. The van der Waals surface area contributed by atoms with Gasteiger partial charge < -0.3 is 16.5 Å². The Balaban J connectivity index is 2.15. The first kappa shape index (κ1) is 11.4. The molecule has 1 heterocycles. The van der Waals surface area contributed by atoms with Crippen LogP contribution in [-0.2, 0) is 16.5 Å². The molecular formula is C7H8O4Si4. The van der Waals surface area contributed by atoms with Crippen LogP contribution in [0.25, 0.3) is 0 Å². The van der Waals surface area contributed by atoms with E-state index in [0.29, 0.717) is 0 Å². The van der Waals surface area contributed by atoms with Crippen LogP contribution >= 0.6 is 0 Å². The Hall–Kier alpha value is -0.0725. The molecule has 2 rings (SSSR count). The van der Waals surface area contributed by atoms with Crippen molar-refractivity contribution in [3.63, 3.8) is 0 Å². The highest BCUT2D eigenvalue weighted by atomic mass is 28.5. The van der Waals surface area contributed by atoms with Crippen LogP contribution in [0.15, 0.2) is 30.3 Å². The Kier molecular flexibility index (Phi) is 4.04. The first-order valence-corrected chi connectivity index (χ1v) is 9.06. The second kappa shape index (κ2) is 5.31. The summed E-state index contributed by atoms with van der Waals surface area (Å²) in [6.07, 6.45) is 0. The van der Waals surface area contributed by atoms with Gasteiger partial charge in [0.15, 0.2) is 0 Å². The summed E-state index contributed by atoms with van der Waals surface area (Å²) in [4.78, 5) is 0. The lowest BCUT2D eigenvalue weighted by Gasteiger charge is -2.27. The summed E-state index contributed by atoms with van der Waals surface area (Å²) in [7, 11) is -2.30. The first-order valence-electron chi connectivity index (χ1n) is 4.29. The largest absolute Gasteiger partial charge is 0.413 e. The maximum atomic E-state index is 5.71. The fourth-order valence-corrected chi connectivity index (χ4v) is 6.59. The van der Waals surface area contributed by atoms with E-state index in [2.05, 4.69) is 0 Å². The summed E-state index contributed by atoms with van der Waals surface area (Å²) in [6.45, 7) is 2.00. The van der Waals surface area contributed by atoms with Crippen molar-refractivity contribution < 1.29 is 16.5 Å². The van der Waals surface area contributed by atoms with Crippen molar-refractivity contribution in [1.82, 2.24) is 0 Å². The normalized spacial score (nSPS) is 21.7. The highest BCUT2D eigenvalue weighted by Gasteiger charge is 2.36. The van der Waals surface area contributed by atoms with Crippen LogP contribution in [0.4, 0.5) is 0 Å². The molecule has 1 aromatic carbocycles. The molecule has 0 atom stereocenters. The lowest BCUT2D eigenvalue weighted by atomic mass is 10.4. The fraction of sp³-hybridized carbons (Fsp3) is 0.143. The van der Waals surface area contributed by atoms with Crippen LogP contribution in [0.2, 0.25) is 6.55 Å². The number of rotatable bonds is 1. The molecular weight excluding hydrogens is 260 g/mol. The Morgan fingerprint density at radius 1 is 0.933 bits per heavy atom. The summed E-state index contributed by atoms with van der Waals surface area (Å²) in [5, 5.41) is 1.10. The van der Waals surface area contributed by atoms with E-state index >= 15 is 0 Å². The van der Waals surface area contributed by atoms with E-state index in [-0.39, 0.29) is 30.0 Å². The monoisotopic (exact) mass is 268 g/mol. The minimum Gasteiger partial charge on any atom is -0.412 e. The molecule has 1 fully saturated rings. The maximum Gasteiger partial charge on any atom is 0.413 e. The summed E-state index contributed by atoms with van der Waals surface area (Å²) in [6, 6.07) is 9.97. The van der Waals surface area contributed by atoms with Crippen molar-refractivity contribution in [2.75, 3.05) is 0 Å². The van der Waals surface area contributed by atoms with E-state index in [1.54, 1.807) is 0 Å². The van der Waals surface area contributed by atoms with Gasteiger partial charge in [0.25, 0.3) is 0 Å². The zero-order valence-electron chi connectivity index (χ0n) is 8.02.